The molecule has 1 heterocycles. The largest absolute Gasteiger partial charge is 0.379 e. The monoisotopic (exact) mass is 217 g/mol. The SMILES string of the molecule is CCCC(CS)CN1CCOCC1C. The second-order valence-electron chi connectivity index (χ2n) is 4.26. The molecule has 0 aromatic carbocycles. The molecule has 0 aromatic heterocycles. The van der Waals surface area contributed by atoms with E-state index in [4.69, 9.17) is 4.74 Å². The first kappa shape index (κ1) is 12.3. The van der Waals surface area contributed by atoms with Crippen molar-refractivity contribution >= 4 is 12.6 Å². The molecular weight excluding hydrogens is 194 g/mol. The average Bonchev–Trinajstić information content (AvgIpc) is 2.20. The fourth-order valence-corrected chi connectivity index (χ4v) is 2.31. The van der Waals surface area contributed by atoms with Gasteiger partial charge < -0.3 is 4.74 Å². The number of ether oxygens (including phenoxy) is 1. The standard InChI is InChI=1S/C11H23NOS/c1-3-4-11(9-14)7-12-5-6-13-8-10(12)2/h10-11,14H,3-9H2,1-2H3. The van der Waals surface area contributed by atoms with Gasteiger partial charge in [0.05, 0.1) is 13.2 Å². The smallest absolute Gasteiger partial charge is 0.0619 e. The van der Waals surface area contributed by atoms with Gasteiger partial charge in [0.15, 0.2) is 0 Å². The van der Waals surface area contributed by atoms with Crippen LogP contribution in [0.2, 0.25) is 0 Å². The van der Waals surface area contributed by atoms with E-state index in [-0.39, 0.29) is 0 Å². The third kappa shape index (κ3) is 3.79. The second-order valence-corrected chi connectivity index (χ2v) is 4.62. The van der Waals surface area contributed by atoms with Crippen LogP contribution < -0.4 is 0 Å². The summed E-state index contributed by atoms with van der Waals surface area (Å²) in [4.78, 5) is 2.54. The van der Waals surface area contributed by atoms with E-state index in [1.807, 2.05) is 0 Å². The van der Waals surface area contributed by atoms with Crippen LogP contribution >= 0.6 is 12.6 Å². The number of morpholine rings is 1. The maximum Gasteiger partial charge on any atom is 0.0619 e. The van der Waals surface area contributed by atoms with E-state index in [2.05, 4.69) is 31.4 Å². The lowest BCUT2D eigenvalue weighted by atomic mass is 10.0. The minimum Gasteiger partial charge on any atom is -0.379 e. The van der Waals surface area contributed by atoms with Crippen LogP contribution in [0.3, 0.4) is 0 Å². The summed E-state index contributed by atoms with van der Waals surface area (Å²) in [5.74, 6) is 1.77. The third-order valence-corrected chi connectivity index (χ3v) is 3.47. The summed E-state index contributed by atoms with van der Waals surface area (Å²) in [6.45, 7) is 8.58. The van der Waals surface area contributed by atoms with Crippen LogP contribution in [-0.4, -0.2) is 43.0 Å². The molecule has 2 unspecified atom stereocenters. The molecule has 0 aliphatic carbocycles. The molecule has 0 amide bonds. The fourth-order valence-electron chi connectivity index (χ4n) is 2.01. The predicted octanol–water partition coefficient (Wildman–Crippen LogP) is 2.05. The summed E-state index contributed by atoms with van der Waals surface area (Å²) < 4.78 is 5.43. The van der Waals surface area contributed by atoms with Crippen LogP contribution in [-0.2, 0) is 4.74 Å². The van der Waals surface area contributed by atoms with Gasteiger partial charge in [0.1, 0.15) is 0 Å². The highest BCUT2D eigenvalue weighted by molar-refractivity contribution is 7.80. The number of hydrogen-bond donors (Lipinski definition) is 1. The van der Waals surface area contributed by atoms with Crippen molar-refractivity contribution in [2.45, 2.75) is 32.7 Å². The Kier molecular flexibility index (Phi) is 5.90. The molecule has 14 heavy (non-hydrogen) atoms. The van der Waals surface area contributed by atoms with Gasteiger partial charge in [-0.05, 0) is 25.0 Å². The van der Waals surface area contributed by atoms with Crippen LogP contribution in [0.4, 0.5) is 0 Å². The zero-order chi connectivity index (χ0) is 10.4. The van der Waals surface area contributed by atoms with Crippen LogP contribution in [0.15, 0.2) is 0 Å². The first-order valence-electron chi connectivity index (χ1n) is 5.70. The van der Waals surface area contributed by atoms with Crippen molar-refractivity contribution in [3.8, 4) is 0 Å². The van der Waals surface area contributed by atoms with Gasteiger partial charge >= 0.3 is 0 Å². The van der Waals surface area contributed by atoms with Gasteiger partial charge in [0.25, 0.3) is 0 Å². The van der Waals surface area contributed by atoms with Crippen molar-refractivity contribution < 1.29 is 4.74 Å². The van der Waals surface area contributed by atoms with E-state index in [0.29, 0.717) is 6.04 Å². The van der Waals surface area contributed by atoms with E-state index >= 15 is 0 Å². The zero-order valence-electron chi connectivity index (χ0n) is 9.41. The minimum absolute atomic E-state index is 0.586. The number of nitrogens with zero attached hydrogens (tertiary/aromatic N) is 1. The van der Waals surface area contributed by atoms with Crippen molar-refractivity contribution in [3.63, 3.8) is 0 Å². The Bertz CT molecular complexity index is 154. The van der Waals surface area contributed by atoms with Gasteiger partial charge in [0.2, 0.25) is 0 Å². The minimum atomic E-state index is 0.586. The van der Waals surface area contributed by atoms with Gasteiger partial charge in [0, 0.05) is 19.1 Å². The van der Waals surface area contributed by atoms with Gasteiger partial charge in [-0.2, -0.15) is 12.6 Å². The molecule has 0 aromatic rings. The molecule has 0 radical (unpaired) electrons. The Balaban J connectivity index is 2.31. The summed E-state index contributed by atoms with van der Waals surface area (Å²) in [7, 11) is 0. The van der Waals surface area contributed by atoms with Crippen molar-refractivity contribution in [1.82, 2.24) is 4.90 Å². The number of hydrogen-bond acceptors (Lipinski definition) is 3. The van der Waals surface area contributed by atoms with Crippen molar-refractivity contribution in [3.05, 3.63) is 0 Å². The number of thiol groups is 1. The van der Waals surface area contributed by atoms with Gasteiger partial charge in [-0.1, -0.05) is 13.3 Å². The molecule has 1 saturated heterocycles. The number of rotatable bonds is 5. The quantitative estimate of drug-likeness (QED) is 0.708. The topological polar surface area (TPSA) is 12.5 Å². The normalized spacial score (nSPS) is 26.4. The van der Waals surface area contributed by atoms with Crippen LogP contribution in [0.25, 0.3) is 0 Å². The Labute approximate surface area is 93.4 Å². The van der Waals surface area contributed by atoms with Crippen molar-refractivity contribution in [2.24, 2.45) is 5.92 Å². The lowest BCUT2D eigenvalue weighted by molar-refractivity contribution is -0.00636. The summed E-state index contributed by atoms with van der Waals surface area (Å²) >= 11 is 4.42. The van der Waals surface area contributed by atoms with Gasteiger partial charge in [-0.15, -0.1) is 0 Å². The summed E-state index contributed by atoms with van der Waals surface area (Å²) in [6.07, 6.45) is 2.57. The van der Waals surface area contributed by atoms with E-state index in [0.717, 1.165) is 31.4 Å². The fraction of sp³-hybridized carbons (Fsp3) is 1.00. The van der Waals surface area contributed by atoms with E-state index in [1.54, 1.807) is 0 Å². The first-order chi connectivity index (χ1) is 6.77. The van der Waals surface area contributed by atoms with Gasteiger partial charge in [-0.3, -0.25) is 4.90 Å². The van der Waals surface area contributed by atoms with Crippen molar-refractivity contribution in [1.29, 1.82) is 0 Å². The first-order valence-corrected chi connectivity index (χ1v) is 6.33. The Morgan fingerprint density at radius 1 is 1.57 bits per heavy atom. The van der Waals surface area contributed by atoms with Crippen LogP contribution in [0.1, 0.15) is 26.7 Å². The average molecular weight is 217 g/mol. The second kappa shape index (κ2) is 6.70. The Morgan fingerprint density at radius 2 is 2.36 bits per heavy atom. The molecule has 1 rings (SSSR count). The van der Waals surface area contributed by atoms with Crippen molar-refractivity contribution in [2.75, 3.05) is 32.1 Å². The molecule has 2 nitrogen and oxygen atoms in total. The lowest BCUT2D eigenvalue weighted by Gasteiger charge is -2.35. The lowest BCUT2D eigenvalue weighted by Crippen LogP contribution is -2.46. The summed E-state index contributed by atoms with van der Waals surface area (Å²) in [5, 5.41) is 0. The molecule has 1 fully saturated rings. The molecule has 84 valence electrons. The highest BCUT2D eigenvalue weighted by Crippen LogP contribution is 2.14. The molecule has 2 atom stereocenters. The summed E-state index contributed by atoms with van der Waals surface area (Å²) in [5.41, 5.74) is 0. The van der Waals surface area contributed by atoms with E-state index in [9.17, 15) is 0 Å². The predicted molar refractivity (Wildman–Crippen MR) is 64.1 cm³/mol. The molecule has 3 heteroatoms. The molecular formula is C11H23NOS. The van der Waals surface area contributed by atoms with Gasteiger partial charge in [-0.25, -0.2) is 0 Å². The highest BCUT2D eigenvalue weighted by Gasteiger charge is 2.21. The van der Waals surface area contributed by atoms with E-state index < -0.39 is 0 Å². The Hall–Kier alpha value is 0.270. The molecule has 0 N–H and O–H groups in total. The van der Waals surface area contributed by atoms with E-state index in [1.165, 1.54) is 19.4 Å². The molecule has 0 bridgehead atoms. The molecule has 0 saturated carbocycles. The summed E-state index contributed by atoms with van der Waals surface area (Å²) in [6, 6.07) is 0.586. The molecule has 1 aliphatic rings. The molecule has 1 aliphatic heterocycles. The third-order valence-electron chi connectivity index (χ3n) is 2.95. The van der Waals surface area contributed by atoms with Crippen LogP contribution in [0.5, 0.6) is 0 Å². The van der Waals surface area contributed by atoms with Crippen LogP contribution in [0, 0.1) is 5.92 Å². The zero-order valence-corrected chi connectivity index (χ0v) is 10.3. The Morgan fingerprint density at radius 3 is 2.93 bits per heavy atom. The maximum absolute atomic E-state index is 5.43. The molecule has 0 spiro atoms. The highest BCUT2D eigenvalue weighted by atomic mass is 32.1. The maximum atomic E-state index is 5.43.